The predicted octanol–water partition coefficient (Wildman–Crippen LogP) is 6.75. The number of benzene rings is 2. The van der Waals surface area contributed by atoms with Crippen LogP contribution in [0.15, 0.2) is 48.5 Å². The number of hydrogen-bond acceptors (Lipinski definition) is 8. The number of carbonyl (C=O) groups is 2. The van der Waals surface area contributed by atoms with Crippen LogP contribution in [0.2, 0.25) is 0 Å². The van der Waals surface area contributed by atoms with Crippen molar-refractivity contribution >= 4 is 33.5 Å². The first kappa shape index (κ1) is 27.8. The van der Waals surface area contributed by atoms with Crippen molar-refractivity contribution in [1.82, 2.24) is 25.5 Å². The number of H-pyrrole nitrogens is 1. The first-order chi connectivity index (χ1) is 19.5. The molecule has 4 aromatic rings. The van der Waals surface area contributed by atoms with E-state index in [-0.39, 0.29) is 12.5 Å². The maximum atomic E-state index is 13.4. The van der Waals surface area contributed by atoms with Crippen LogP contribution in [0.5, 0.6) is 0 Å². The molecule has 1 aliphatic carbocycles. The Bertz CT molecular complexity index is 1450. The topological polar surface area (TPSA) is 110 Å². The number of nitrogens with zero attached hydrogens (tertiary/aromatic N) is 4. The lowest BCUT2D eigenvalue weighted by atomic mass is 10.00. The number of nitrogens with one attached hydrogen (secondary N) is 1. The summed E-state index contributed by atoms with van der Waals surface area (Å²) in [6, 6.07) is 16.6. The fourth-order valence-electron chi connectivity index (χ4n) is 5.42. The smallest absolute Gasteiger partial charge is 0.435 e. The summed E-state index contributed by atoms with van der Waals surface area (Å²) < 4.78 is 12.1. The summed E-state index contributed by atoms with van der Waals surface area (Å²) in [5.41, 5.74) is 2.30. The largest absolute Gasteiger partial charge is 0.508 e. The van der Waals surface area contributed by atoms with E-state index in [1.54, 1.807) is 18.3 Å². The van der Waals surface area contributed by atoms with Crippen molar-refractivity contribution < 1.29 is 19.1 Å². The van der Waals surface area contributed by atoms with E-state index in [1.807, 2.05) is 23.1 Å². The number of amides is 1. The van der Waals surface area contributed by atoms with Crippen LogP contribution in [0.3, 0.4) is 0 Å². The maximum Gasteiger partial charge on any atom is 0.508 e. The summed E-state index contributed by atoms with van der Waals surface area (Å²) in [5.74, 6) is 0.640. The molecular formula is C30H35N5O4S. The Morgan fingerprint density at radius 3 is 2.60 bits per heavy atom. The summed E-state index contributed by atoms with van der Waals surface area (Å²) in [7, 11) is 0. The molecule has 210 valence electrons. The van der Waals surface area contributed by atoms with E-state index in [2.05, 4.69) is 57.9 Å². The minimum atomic E-state index is -0.702. The summed E-state index contributed by atoms with van der Waals surface area (Å²) in [4.78, 5) is 28.7. The van der Waals surface area contributed by atoms with Gasteiger partial charge in [0.1, 0.15) is 5.60 Å². The van der Waals surface area contributed by atoms with E-state index >= 15 is 0 Å². The second kappa shape index (κ2) is 12.6. The zero-order valence-corrected chi connectivity index (χ0v) is 23.8. The molecule has 1 aliphatic rings. The number of aromatic amines is 1. The van der Waals surface area contributed by atoms with E-state index in [0.717, 1.165) is 70.2 Å². The van der Waals surface area contributed by atoms with Gasteiger partial charge in [-0.2, -0.15) is 5.21 Å². The lowest BCUT2D eigenvalue weighted by molar-refractivity contribution is -0.136. The molecule has 0 unspecified atom stereocenters. The fourth-order valence-corrected chi connectivity index (χ4v) is 6.50. The highest BCUT2D eigenvalue weighted by Crippen LogP contribution is 2.39. The molecule has 1 amide bonds. The van der Waals surface area contributed by atoms with Gasteiger partial charge in [-0.15, -0.1) is 21.5 Å². The van der Waals surface area contributed by atoms with Gasteiger partial charge in [0.05, 0.1) is 13.2 Å². The van der Waals surface area contributed by atoms with Gasteiger partial charge < -0.3 is 14.4 Å². The Balaban J connectivity index is 1.41. The molecule has 2 heterocycles. The number of tetrazole rings is 1. The second-order valence-electron chi connectivity index (χ2n) is 10.3. The van der Waals surface area contributed by atoms with Crippen LogP contribution in [0, 0.1) is 0 Å². The van der Waals surface area contributed by atoms with Gasteiger partial charge in [0, 0.05) is 33.7 Å². The molecule has 5 rings (SSSR count). The van der Waals surface area contributed by atoms with Crippen molar-refractivity contribution in [3.8, 4) is 21.8 Å². The molecule has 40 heavy (non-hydrogen) atoms. The third-order valence-electron chi connectivity index (χ3n) is 7.39. The standard InChI is InChI=1S/C30H35N5O4S/c1-3-5-12-27(36)35(20-30(15-8-9-16-30)39-29(37)38-4-2)19-21-13-14-25-22(17-21)18-26(40-25)23-10-6-7-11-24(23)28-31-33-34-32-28/h6-7,10-11,13-14,17-18H,3-5,8-9,12,15-16,19-20H2,1-2H3,(H,31,32,33,34). The molecule has 0 bridgehead atoms. The minimum Gasteiger partial charge on any atom is -0.435 e. The monoisotopic (exact) mass is 561 g/mol. The van der Waals surface area contributed by atoms with Crippen LogP contribution >= 0.6 is 11.3 Å². The van der Waals surface area contributed by atoms with Gasteiger partial charge in [-0.3, -0.25) is 4.79 Å². The Morgan fingerprint density at radius 2 is 1.88 bits per heavy atom. The Morgan fingerprint density at radius 1 is 1.07 bits per heavy atom. The maximum absolute atomic E-state index is 13.4. The van der Waals surface area contributed by atoms with Gasteiger partial charge in [-0.1, -0.05) is 43.7 Å². The summed E-state index contributed by atoms with van der Waals surface area (Å²) in [6.07, 6.45) is 4.98. The van der Waals surface area contributed by atoms with Crippen molar-refractivity contribution in [3.63, 3.8) is 0 Å². The SMILES string of the molecule is CCCCC(=O)N(Cc1ccc2sc(-c3ccccc3-c3nn[nH]n3)cc2c1)CC1(OC(=O)OCC)CCCC1. The second-order valence-corrected chi connectivity index (χ2v) is 11.4. The molecule has 2 aromatic carbocycles. The van der Waals surface area contributed by atoms with Crippen molar-refractivity contribution in [2.45, 2.75) is 70.9 Å². The number of ether oxygens (including phenoxy) is 2. The van der Waals surface area contributed by atoms with Crippen LogP contribution in [0.25, 0.3) is 31.9 Å². The number of fused-ring (bicyclic) bond motifs is 1. The zero-order valence-electron chi connectivity index (χ0n) is 23.0. The third kappa shape index (κ3) is 6.33. The molecule has 1 saturated carbocycles. The number of carbonyl (C=O) groups excluding carboxylic acids is 2. The Kier molecular flexibility index (Phi) is 8.74. The first-order valence-corrected chi connectivity index (χ1v) is 14.8. The van der Waals surface area contributed by atoms with Crippen molar-refractivity contribution in [3.05, 3.63) is 54.1 Å². The zero-order chi connectivity index (χ0) is 28.0. The summed E-state index contributed by atoms with van der Waals surface area (Å²) in [6.45, 7) is 4.94. The lowest BCUT2D eigenvalue weighted by Crippen LogP contribution is -2.46. The van der Waals surface area contributed by atoms with Gasteiger partial charge in [0.25, 0.3) is 0 Å². The molecule has 0 spiro atoms. The van der Waals surface area contributed by atoms with Crippen LogP contribution < -0.4 is 0 Å². The van der Waals surface area contributed by atoms with Gasteiger partial charge in [-0.05, 0) is 73.4 Å². The Labute approximate surface area is 237 Å². The molecule has 2 aromatic heterocycles. The van der Waals surface area contributed by atoms with E-state index in [0.29, 0.717) is 25.3 Å². The number of aromatic nitrogens is 4. The highest BCUT2D eigenvalue weighted by Gasteiger charge is 2.41. The predicted molar refractivity (Wildman–Crippen MR) is 155 cm³/mol. The average molecular weight is 562 g/mol. The molecule has 0 saturated heterocycles. The van der Waals surface area contributed by atoms with Gasteiger partial charge in [0.2, 0.25) is 11.7 Å². The van der Waals surface area contributed by atoms with Gasteiger partial charge in [0.15, 0.2) is 0 Å². The molecule has 0 radical (unpaired) electrons. The van der Waals surface area contributed by atoms with Crippen LogP contribution in [0.1, 0.15) is 64.4 Å². The minimum absolute atomic E-state index is 0.0840. The molecule has 1 N–H and O–H groups in total. The molecule has 1 fully saturated rings. The number of hydrogen-bond donors (Lipinski definition) is 1. The average Bonchev–Trinajstić information content (AvgIpc) is 3.73. The number of rotatable bonds is 11. The van der Waals surface area contributed by atoms with Crippen molar-refractivity contribution in [2.24, 2.45) is 0 Å². The highest BCUT2D eigenvalue weighted by atomic mass is 32.1. The fraction of sp³-hybridized carbons (Fsp3) is 0.433. The van der Waals surface area contributed by atoms with Gasteiger partial charge in [-0.25, -0.2) is 4.79 Å². The van der Waals surface area contributed by atoms with Crippen LogP contribution in [-0.4, -0.2) is 56.3 Å². The summed E-state index contributed by atoms with van der Waals surface area (Å²) >= 11 is 1.71. The molecule has 10 heteroatoms. The lowest BCUT2D eigenvalue weighted by Gasteiger charge is -2.35. The molecule has 9 nitrogen and oxygen atoms in total. The molecular weight excluding hydrogens is 526 g/mol. The van der Waals surface area contributed by atoms with E-state index < -0.39 is 11.8 Å². The third-order valence-corrected chi connectivity index (χ3v) is 8.54. The quantitative estimate of drug-likeness (QED) is 0.202. The molecule has 0 aliphatic heterocycles. The van der Waals surface area contributed by atoms with Crippen LogP contribution in [-0.2, 0) is 20.8 Å². The first-order valence-electron chi connectivity index (χ1n) is 14.0. The number of thiophene rings is 1. The van der Waals surface area contributed by atoms with E-state index in [4.69, 9.17) is 9.47 Å². The van der Waals surface area contributed by atoms with Crippen molar-refractivity contribution in [1.29, 1.82) is 0 Å². The molecule has 0 atom stereocenters. The van der Waals surface area contributed by atoms with Gasteiger partial charge >= 0.3 is 6.16 Å². The van der Waals surface area contributed by atoms with Crippen molar-refractivity contribution in [2.75, 3.05) is 13.2 Å². The number of unbranched alkanes of at least 4 members (excludes halogenated alkanes) is 1. The normalized spacial score (nSPS) is 14.3. The Hall–Kier alpha value is -3.79. The van der Waals surface area contributed by atoms with E-state index in [1.165, 1.54) is 0 Å². The van der Waals surface area contributed by atoms with E-state index in [9.17, 15) is 9.59 Å². The van der Waals surface area contributed by atoms with Crippen LogP contribution in [0.4, 0.5) is 4.79 Å². The highest BCUT2D eigenvalue weighted by molar-refractivity contribution is 7.22. The summed E-state index contributed by atoms with van der Waals surface area (Å²) in [5, 5.41) is 15.7.